The van der Waals surface area contributed by atoms with Crippen LogP contribution in [0.3, 0.4) is 0 Å². The summed E-state index contributed by atoms with van der Waals surface area (Å²) in [6.07, 6.45) is 0.367. The van der Waals surface area contributed by atoms with Gasteiger partial charge in [-0.3, -0.25) is 0 Å². The van der Waals surface area contributed by atoms with Crippen molar-refractivity contribution in [2.24, 2.45) is 0 Å². The van der Waals surface area contributed by atoms with Crippen molar-refractivity contribution < 1.29 is 10.3 Å². The molecule has 0 aliphatic carbocycles. The largest absolute Gasteiger partial charge is 0.392 e. The normalized spacial score (nSPS) is 40.9. The second kappa shape index (κ2) is 2.01. The molecule has 48 valence electrons. The van der Waals surface area contributed by atoms with Gasteiger partial charge in [0.25, 0.3) is 0 Å². The molecule has 2 atom stereocenters. The van der Waals surface area contributed by atoms with Gasteiger partial charge in [0, 0.05) is 6.04 Å². The van der Waals surface area contributed by atoms with Crippen LogP contribution in [-0.2, 0) is 0 Å². The fourth-order valence-corrected chi connectivity index (χ4v) is 0.986. The number of aliphatic hydroxyl groups excluding tert-OH is 1. The Morgan fingerprint density at radius 1 is 1.62 bits per heavy atom. The summed E-state index contributed by atoms with van der Waals surface area (Å²) in [5, 5.41) is 18.9. The van der Waals surface area contributed by atoms with Gasteiger partial charge in [0.05, 0.1) is 12.6 Å². The highest BCUT2D eigenvalue weighted by molar-refractivity contribution is 4.75. The zero-order valence-corrected chi connectivity index (χ0v) is 4.91. The third-order valence-electron chi connectivity index (χ3n) is 1.52. The lowest BCUT2D eigenvalue weighted by Crippen LogP contribution is -2.22. The number of hydroxylamine groups is 2. The van der Waals surface area contributed by atoms with Crippen LogP contribution in [0.25, 0.3) is 0 Å². The smallest absolute Gasteiger partial charge is 0.0706 e. The standard InChI is InChI=1S/C5H11NO2/c1-4-2-5(7)3-6(4)8/h4-5,7-8H,2-3H2,1H3/t4-,5-/m1/s1. The van der Waals surface area contributed by atoms with E-state index in [1.165, 1.54) is 5.06 Å². The molecule has 0 unspecified atom stereocenters. The third kappa shape index (κ3) is 0.992. The highest BCUT2D eigenvalue weighted by Crippen LogP contribution is 2.13. The minimum absolute atomic E-state index is 0.130. The van der Waals surface area contributed by atoms with Crippen LogP contribution in [0.4, 0.5) is 0 Å². The molecule has 3 heteroatoms. The van der Waals surface area contributed by atoms with Gasteiger partial charge in [0.2, 0.25) is 0 Å². The Bertz CT molecular complexity index is 76.5. The fourth-order valence-electron chi connectivity index (χ4n) is 0.986. The fraction of sp³-hybridized carbons (Fsp3) is 1.00. The lowest BCUT2D eigenvalue weighted by Gasteiger charge is -2.09. The summed E-state index contributed by atoms with van der Waals surface area (Å²) in [4.78, 5) is 0. The Morgan fingerprint density at radius 3 is 2.38 bits per heavy atom. The van der Waals surface area contributed by atoms with Crippen LogP contribution >= 0.6 is 0 Å². The second-order valence-corrected chi connectivity index (χ2v) is 2.36. The Kier molecular flexibility index (Phi) is 1.51. The van der Waals surface area contributed by atoms with Crippen molar-refractivity contribution >= 4 is 0 Å². The van der Waals surface area contributed by atoms with E-state index in [0.717, 1.165) is 0 Å². The highest BCUT2D eigenvalue weighted by atomic mass is 16.5. The maximum absolute atomic E-state index is 8.87. The summed E-state index contributed by atoms with van der Waals surface area (Å²) in [7, 11) is 0. The average molecular weight is 117 g/mol. The summed E-state index contributed by atoms with van der Waals surface area (Å²) in [6, 6.07) is 0.130. The van der Waals surface area contributed by atoms with E-state index in [4.69, 9.17) is 10.3 Å². The number of rotatable bonds is 0. The van der Waals surface area contributed by atoms with Gasteiger partial charge in [0.1, 0.15) is 0 Å². The Balaban J connectivity index is 2.39. The Hall–Kier alpha value is -0.120. The zero-order valence-electron chi connectivity index (χ0n) is 4.91. The molecule has 1 rings (SSSR count). The van der Waals surface area contributed by atoms with Gasteiger partial charge in [-0.2, -0.15) is 5.06 Å². The van der Waals surface area contributed by atoms with Crippen LogP contribution in [-0.4, -0.2) is 34.1 Å². The number of nitrogens with zero attached hydrogens (tertiary/aromatic N) is 1. The molecule has 3 nitrogen and oxygen atoms in total. The first-order valence-electron chi connectivity index (χ1n) is 2.83. The molecular weight excluding hydrogens is 106 g/mol. The molecule has 1 aliphatic rings. The van der Waals surface area contributed by atoms with Crippen LogP contribution in [0.1, 0.15) is 13.3 Å². The molecule has 1 aliphatic heterocycles. The van der Waals surface area contributed by atoms with Crippen molar-refractivity contribution in [2.45, 2.75) is 25.5 Å². The molecule has 0 amide bonds. The number of β-amino-alcohol motifs (C(OH)–C–C–N with tert-alkyl or cyclic N) is 1. The Labute approximate surface area is 48.5 Å². The van der Waals surface area contributed by atoms with Crippen LogP contribution < -0.4 is 0 Å². The first-order valence-corrected chi connectivity index (χ1v) is 2.83. The number of aliphatic hydroxyl groups is 1. The topological polar surface area (TPSA) is 43.7 Å². The Morgan fingerprint density at radius 2 is 2.25 bits per heavy atom. The predicted octanol–water partition coefficient (Wildman–Crippen LogP) is -0.169. The van der Waals surface area contributed by atoms with E-state index < -0.39 is 0 Å². The van der Waals surface area contributed by atoms with Gasteiger partial charge in [0.15, 0.2) is 0 Å². The van der Waals surface area contributed by atoms with Gasteiger partial charge in [-0.05, 0) is 13.3 Å². The van der Waals surface area contributed by atoms with E-state index in [-0.39, 0.29) is 12.1 Å². The van der Waals surface area contributed by atoms with Gasteiger partial charge in [-0.15, -0.1) is 0 Å². The molecule has 8 heavy (non-hydrogen) atoms. The van der Waals surface area contributed by atoms with Crippen LogP contribution in [0, 0.1) is 0 Å². The highest BCUT2D eigenvalue weighted by Gasteiger charge is 2.25. The van der Waals surface area contributed by atoms with Crippen molar-refractivity contribution in [3.8, 4) is 0 Å². The van der Waals surface area contributed by atoms with Gasteiger partial charge >= 0.3 is 0 Å². The van der Waals surface area contributed by atoms with Crippen LogP contribution in [0.5, 0.6) is 0 Å². The quantitative estimate of drug-likeness (QED) is 0.463. The SMILES string of the molecule is C[C@@H]1C[C@@H](O)CN1O. The summed E-state index contributed by atoms with van der Waals surface area (Å²) >= 11 is 0. The number of hydrogen-bond acceptors (Lipinski definition) is 3. The molecule has 1 fully saturated rings. The van der Waals surface area contributed by atoms with Crippen LogP contribution in [0.15, 0.2) is 0 Å². The molecule has 0 bridgehead atoms. The maximum Gasteiger partial charge on any atom is 0.0706 e. The minimum Gasteiger partial charge on any atom is -0.392 e. The van der Waals surface area contributed by atoms with E-state index in [9.17, 15) is 0 Å². The van der Waals surface area contributed by atoms with Gasteiger partial charge < -0.3 is 10.3 Å². The first-order chi connectivity index (χ1) is 3.70. The average Bonchev–Trinajstić information content (AvgIpc) is 1.85. The molecule has 0 saturated carbocycles. The van der Waals surface area contributed by atoms with E-state index in [0.29, 0.717) is 13.0 Å². The molecule has 1 saturated heterocycles. The van der Waals surface area contributed by atoms with E-state index in [1.54, 1.807) is 0 Å². The summed E-state index contributed by atoms with van der Waals surface area (Å²) in [5.41, 5.74) is 0. The van der Waals surface area contributed by atoms with Crippen molar-refractivity contribution in [1.29, 1.82) is 0 Å². The lowest BCUT2D eigenvalue weighted by atomic mass is 10.2. The molecule has 0 radical (unpaired) electrons. The predicted molar refractivity (Wildman–Crippen MR) is 28.6 cm³/mol. The summed E-state index contributed by atoms with van der Waals surface area (Å²) < 4.78 is 0. The summed E-state index contributed by atoms with van der Waals surface area (Å²) in [5.74, 6) is 0. The lowest BCUT2D eigenvalue weighted by molar-refractivity contribution is -0.102. The van der Waals surface area contributed by atoms with Gasteiger partial charge in [-0.25, -0.2) is 0 Å². The van der Waals surface area contributed by atoms with Crippen molar-refractivity contribution in [3.05, 3.63) is 0 Å². The molecule has 0 aromatic carbocycles. The van der Waals surface area contributed by atoms with E-state index in [2.05, 4.69) is 0 Å². The van der Waals surface area contributed by atoms with E-state index >= 15 is 0 Å². The third-order valence-corrected chi connectivity index (χ3v) is 1.52. The molecule has 2 N–H and O–H groups in total. The molecule has 1 heterocycles. The zero-order chi connectivity index (χ0) is 6.15. The van der Waals surface area contributed by atoms with Crippen molar-refractivity contribution in [2.75, 3.05) is 6.54 Å². The molecule has 0 aromatic heterocycles. The van der Waals surface area contributed by atoms with E-state index in [1.807, 2.05) is 6.92 Å². The van der Waals surface area contributed by atoms with Crippen molar-refractivity contribution in [1.82, 2.24) is 5.06 Å². The maximum atomic E-state index is 8.87. The minimum atomic E-state index is -0.324. The molecular formula is C5H11NO2. The first kappa shape index (κ1) is 6.01. The molecule has 0 aromatic rings. The van der Waals surface area contributed by atoms with Crippen LogP contribution in [0.2, 0.25) is 0 Å². The van der Waals surface area contributed by atoms with Gasteiger partial charge in [-0.1, -0.05) is 0 Å². The van der Waals surface area contributed by atoms with Crippen molar-refractivity contribution in [3.63, 3.8) is 0 Å². The summed E-state index contributed by atoms with van der Waals surface area (Å²) in [6.45, 7) is 2.29. The monoisotopic (exact) mass is 117 g/mol. The second-order valence-electron chi connectivity index (χ2n) is 2.36. The molecule has 0 spiro atoms. The number of hydrogen-bond donors (Lipinski definition) is 2.